The van der Waals surface area contributed by atoms with Crippen LogP contribution in [0.25, 0.3) is 66.4 Å². The van der Waals surface area contributed by atoms with Gasteiger partial charge in [-0.15, -0.1) is 0 Å². The molecule has 0 aromatic heterocycles. The lowest BCUT2D eigenvalue weighted by Gasteiger charge is -2.31. The smallest absolute Gasteiger partial charge is 0.0543 e. The molecule has 10 rings (SSSR count). The second-order valence-electron chi connectivity index (χ2n) is 15.3. The lowest BCUT2D eigenvalue weighted by molar-refractivity contribution is 0.660. The van der Waals surface area contributed by atoms with Gasteiger partial charge in [0.2, 0.25) is 0 Å². The number of anilines is 3. The highest BCUT2D eigenvalue weighted by Gasteiger charge is 2.38. The Hall–Kier alpha value is -6.96. The highest BCUT2D eigenvalue weighted by atomic mass is 15.1. The lowest BCUT2D eigenvalue weighted by Crippen LogP contribution is -2.17. The third kappa shape index (κ3) is 5.72. The normalized spacial score (nSPS) is 12.6. The number of nitrogens with zero attached hydrogens (tertiary/aromatic N) is 1. The van der Waals surface area contributed by atoms with E-state index in [4.69, 9.17) is 0 Å². The molecule has 9 aromatic carbocycles. The molecule has 0 saturated carbocycles. The molecule has 0 heterocycles. The molecule has 1 aliphatic rings. The van der Waals surface area contributed by atoms with Crippen molar-refractivity contribution in [2.45, 2.75) is 19.3 Å². The van der Waals surface area contributed by atoms with Crippen molar-refractivity contribution in [1.29, 1.82) is 0 Å². The van der Waals surface area contributed by atoms with Crippen molar-refractivity contribution in [3.63, 3.8) is 0 Å². The van der Waals surface area contributed by atoms with E-state index in [-0.39, 0.29) is 5.41 Å². The molecular weight excluding hydrogens is 675 g/mol. The van der Waals surface area contributed by atoms with Gasteiger partial charge in [0.15, 0.2) is 0 Å². The van der Waals surface area contributed by atoms with Gasteiger partial charge in [-0.05, 0) is 108 Å². The number of fused-ring (bicyclic) bond motifs is 4. The second kappa shape index (κ2) is 13.7. The van der Waals surface area contributed by atoms with E-state index >= 15 is 0 Å². The summed E-state index contributed by atoms with van der Waals surface area (Å²) in [5.74, 6) is 0. The van der Waals surface area contributed by atoms with E-state index in [1.165, 1.54) is 77.5 Å². The van der Waals surface area contributed by atoms with E-state index in [0.29, 0.717) is 0 Å². The highest BCUT2D eigenvalue weighted by Crippen LogP contribution is 2.56. The van der Waals surface area contributed by atoms with Crippen molar-refractivity contribution < 1.29 is 0 Å². The number of hydrogen-bond donors (Lipinski definition) is 0. The van der Waals surface area contributed by atoms with E-state index in [9.17, 15) is 0 Å². The van der Waals surface area contributed by atoms with Crippen molar-refractivity contribution in [2.24, 2.45) is 0 Å². The zero-order valence-corrected chi connectivity index (χ0v) is 31.7. The fourth-order valence-electron chi connectivity index (χ4n) is 8.83. The van der Waals surface area contributed by atoms with Crippen molar-refractivity contribution in [3.05, 3.63) is 223 Å². The monoisotopic (exact) mass is 715 g/mol. The molecule has 0 unspecified atom stereocenters. The molecule has 266 valence electrons. The Labute approximate surface area is 329 Å². The summed E-state index contributed by atoms with van der Waals surface area (Å²) in [7, 11) is 0. The molecule has 1 heteroatoms. The molecule has 0 atom stereocenters. The third-order valence-electron chi connectivity index (χ3n) is 11.7. The minimum atomic E-state index is -0.221. The zero-order chi connectivity index (χ0) is 37.6. The Bertz CT molecular complexity index is 2750. The third-order valence-corrected chi connectivity index (χ3v) is 11.7. The van der Waals surface area contributed by atoms with Gasteiger partial charge < -0.3 is 4.90 Å². The van der Waals surface area contributed by atoms with Gasteiger partial charge in [-0.3, -0.25) is 0 Å². The molecule has 1 nitrogen and oxygen atoms in total. The molecular formula is C55H41N. The van der Waals surface area contributed by atoms with Gasteiger partial charge in [-0.2, -0.15) is 0 Å². The minimum Gasteiger partial charge on any atom is -0.310 e. The molecule has 0 amide bonds. The van der Waals surface area contributed by atoms with Gasteiger partial charge >= 0.3 is 0 Å². The summed E-state index contributed by atoms with van der Waals surface area (Å²) in [6.45, 7) is 4.78. The molecule has 0 bridgehead atoms. The zero-order valence-electron chi connectivity index (χ0n) is 31.7. The van der Waals surface area contributed by atoms with Gasteiger partial charge in [-0.1, -0.05) is 190 Å². The van der Waals surface area contributed by atoms with E-state index in [1.807, 2.05) is 0 Å². The Morgan fingerprint density at radius 3 is 1.43 bits per heavy atom. The number of rotatable bonds is 7. The summed E-state index contributed by atoms with van der Waals surface area (Å²) in [6.07, 6.45) is 0. The van der Waals surface area contributed by atoms with Crippen LogP contribution in [0.15, 0.2) is 212 Å². The average Bonchev–Trinajstić information content (AvgIpc) is 3.49. The van der Waals surface area contributed by atoms with Crippen molar-refractivity contribution in [2.75, 3.05) is 4.90 Å². The predicted molar refractivity (Wildman–Crippen MR) is 238 cm³/mol. The molecule has 1 aliphatic carbocycles. The molecule has 0 aliphatic heterocycles. The van der Waals surface area contributed by atoms with Crippen LogP contribution in [0.1, 0.15) is 25.0 Å². The van der Waals surface area contributed by atoms with Gasteiger partial charge in [0.25, 0.3) is 0 Å². The maximum atomic E-state index is 2.50. The first kappa shape index (κ1) is 33.6. The standard InChI is InChI=1S/C55H41N/c1-55(2)51-27-15-25-47(43-20-10-5-11-21-43)54(51)50-36-49(48-26-14-23-42-22-12-13-24-46(42)48)53(37-52(50)55)56(44-32-28-40(29-33-44)38-16-6-3-7-17-38)45-34-30-41(31-35-45)39-18-8-4-9-19-39/h3-37H,1-2H3. The molecule has 0 saturated heterocycles. The topological polar surface area (TPSA) is 3.24 Å². The highest BCUT2D eigenvalue weighted by molar-refractivity contribution is 6.05. The Morgan fingerprint density at radius 2 is 0.821 bits per heavy atom. The van der Waals surface area contributed by atoms with Crippen molar-refractivity contribution in [1.82, 2.24) is 0 Å². The number of hydrogen-bond acceptors (Lipinski definition) is 1. The minimum absolute atomic E-state index is 0.221. The summed E-state index contributed by atoms with van der Waals surface area (Å²) in [5.41, 5.74) is 18.2. The van der Waals surface area contributed by atoms with Crippen LogP contribution in [-0.4, -0.2) is 0 Å². The number of benzene rings is 9. The van der Waals surface area contributed by atoms with Crippen LogP contribution in [0.5, 0.6) is 0 Å². The molecule has 0 radical (unpaired) electrons. The first-order valence-electron chi connectivity index (χ1n) is 19.5. The molecule has 0 N–H and O–H groups in total. The fraction of sp³-hybridized carbons (Fsp3) is 0.0545. The summed E-state index contributed by atoms with van der Waals surface area (Å²) < 4.78 is 0. The Balaban J connectivity index is 1.25. The predicted octanol–water partition coefficient (Wildman–Crippen LogP) is 15.3. The summed E-state index contributed by atoms with van der Waals surface area (Å²) in [6, 6.07) is 77.6. The summed E-state index contributed by atoms with van der Waals surface area (Å²) in [4.78, 5) is 2.47. The van der Waals surface area contributed by atoms with Crippen LogP contribution < -0.4 is 4.90 Å². The largest absolute Gasteiger partial charge is 0.310 e. The fourth-order valence-corrected chi connectivity index (χ4v) is 8.83. The summed E-state index contributed by atoms with van der Waals surface area (Å²) in [5, 5.41) is 2.47. The van der Waals surface area contributed by atoms with Crippen LogP contribution in [0.3, 0.4) is 0 Å². The van der Waals surface area contributed by atoms with Crippen molar-refractivity contribution >= 4 is 27.8 Å². The maximum absolute atomic E-state index is 2.50. The van der Waals surface area contributed by atoms with E-state index in [2.05, 4.69) is 231 Å². The van der Waals surface area contributed by atoms with Gasteiger partial charge in [0.1, 0.15) is 0 Å². The van der Waals surface area contributed by atoms with Gasteiger partial charge in [0, 0.05) is 22.4 Å². The van der Waals surface area contributed by atoms with Crippen LogP contribution >= 0.6 is 0 Å². The van der Waals surface area contributed by atoms with E-state index < -0.39 is 0 Å². The second-order valence-corrected chi connectivity index (χ2v) is 15.3. The molecule has 0 fully saturated rings. The average molecular weight is 716 g/mol. The van der Waals surface area contributed by atoms with Gasteiger partial charge in [-0.25, -0.2) is 0 Å². The molecule has 9 aromatic rings. The first-order valence-corrected chi connectivity index (χ1v) is 19.5. The maximum Gasteiger partial charge on any atom is 0.0543 e. The first-order chi connectivity index (χ1) is 27.5. The van der Waals surface area contributed by atoms with Gasteiger partial charge in [0.05, 0.1) is 5.69 Å². The molecule has 0 spiro atoms. The van der Waals surface area contributed by atoms with E-state index in [0.717, 1.165) is 17.1 Å². The Morgan fingerprint density at radius 1 is 0.339 bits per heavy atom. The van der Waals surface area contributed by atoms with Crippen LogP contribution in [0.2, 0.25) is 0 Å². The Kier molecular flexibility index (Phi) is 8.23. The van der Waals surface area contributed by atoms with Crippen LogP contribution in [0, 0.1) is 0 Å². The van der Waals surface area contributed by atoms with E-state index in [1.54, 1.807) is 0 Å². The molecule has 56 heavy (non-hydrogen) atoms. The lowest BCUT2D eigenvalue weighted by atomic mass is 9.81. The van der Waals surface area contributed by atoms with Crippen molar-refractivity contribution in [3.8, 4) is 55.6 Å². The summed E-state index contributed by atoms with van der Waals surface area (Å²) >= 11 is 0. The van der Waals surface area contributed by atoms with Crippen LogP contribution in [-0.2, 0) is 5.41 Å². The SMILES string of the molecule is CC1(C)c2cc(N(c3ccc(-c4ccccc4)cc3)c3ccc(-c4ccccc4)cc3)c(-c3cccc4ccccc34)cc2-c2c(-c3ccccc3)cccc21. The van der Waals surface area contributed by atoms with Crippen LogP contribution in [0.4, 0.5) is 17.1 Å². The quantitative estimate of drug-likeness (QED) is 0.159.